The van der Waals surface area contributed by atoms with Gasteiger partial charge < -0.3 is 9.88 Å². The Labute approximate surface area is 130 Å². The van der Waals surface area contributed by atoms with Crippen molar-refractivity contribution in [3.63, 3.8) is 0 Å². The van der Waals surface area contributed by atoms with Crippen LogP contribution in [-0.4, -0.2) is 25.4 Å². The van der Waals surface area contributed by atoms with Gasteiger partial charge in [-0.2, -0.15) is 5.10 Å². The Morgan fingerprint density at radius 2 is 2.05 bits per heavy atom. The van der Waals surface area contributed by atoms with Gasteiger partial charge in [-0.1, -0.05) is 12.1 Å². The van der Waals surface area contributed by atoms with Crippen LogP contribution in [-0.2, 0) is 13.1 Å². The highest BCUT2D eigenvalue weighted by Gasteiger charge is 2.04. The molecule has 5 nitrogen and oxygen atoms in total. The van der Waals surface area contributed by atoms with Crippen LogP contribution in [0.4, 0.5) is 0 Å². The van der Waals surface area contributed by atoms with Crippen molar-refractivity contribution in [2.45, 2.75) is 33.0 Å². The van der Waals surface area contributed by atoms with E-state index in [1.807, 2.05) is 21.6 Å². The van der Waals surface area contributed by atoms with Crippen LogP contribution in [0.2, 0.25) is 0 Å². The molecule has 0 spiro atoms. The summed E-state index contributed by atoms with van der Waals surface area (Å²) in [6, 6.07) is 8.88. The molecule has 0 amide bonds. The normalized spacial score (nSPS) is 12.5. The van der Waals surface area contributed by atoms with Crippen LogP contribution in [0.3, 0.4) is 0 Å². The fraction of sp³-hybridized carbons (Fsp3) is 0.294. The predicted molar refractivity (Wildman–Crippen MR) is 86.8 cm³/mol. The van der Waals surface area contributed by atoms with Gasteiger partial charge >= 0.3 is 0 Å². The molecule has 0 fully saturated rings. The number of nitrogens with zero attached hydrogens (tertiary/aromatic N) is 4. The molecule has 1 atom stereocenters. The largest absolute Gasteiger partial charge is 0.308 e. The average molecular weight is 295 g/mol. The summed E-state index contributed by atoms with van der Waals surface area (Å²) in [6.07, 6.45) is 9.50. The Morgan fingerprint density at radius 1 is 1.23 bits per heavy atom. The van der Waals surface area contributed by atoms with E-state index in [1.54, 1.807) is 12.5 Å². The van der Waals surface area contributed by atoms with Crippen LogP contribution in [0.15, 0.2) is 55.4 Å². The minimum atomic E-state index is 0.368. The molecule has 2 heterocycles. The summed E-state index contributed by atoms with van der Waals surface area (Å²) in [7, 11) is 0. The van der Waals surface area contributed by atoms with Crippen LogP contribution in [0.5, 0.6) is 0 Å². The van der Waals surface area contributed by atoms with Gasteiger partial charge in [-0.3, -0.25) is 4.68 Å². The van der Waals surface area contributed by atoms with Gasteiger partial charge in [0.2, 0.25) is 0 Å². The topological polar surface area (TPSA) is 47.7 Å². The lowest BCUT2D eigenvalue weighted by molar-refractivity contribution is 0.450. The Bertz CT molecular complexity index is 697. The molecule has 1 aromatic carbocycles. The maximum Gasteiger partial charge on any atom is 0.0991 e. The molecule has 0 saturated heterocycles. The summed E-state index contributed by atoms with van der Waals surface area (Å²) >= 11 is 0. The van der Waals surface area contributed by atoms with Gasteiger partial charge in [0.25, 0.3) is 0 Å². The molecule has 0 radical (unpaired) electrons. The van der Waals surface area contributed by atoms with E-state index in [0.717, 1.165) is 18.8 Å². The number of hydrogen-bond acceptors (Lipinski definition) is 3. The first-order valence-electron chi connectivity index (χ1n) is 7.50. The lowest BCUT2D eigenvalue weighted by atomic mass is 10.2. The summed E-state index contributed by atoms with van der Waals surface area (Å²) in [4.78, 5) is 4.06. The van der Waals surface area contributed by atoms with Crippen molar-refractivity contribution in [1.82, 2.24) is 24.6 Å². The molecule has 0 unspecified atom stereocenters. The minimum absolute atomic E-state index is 0.368. The summed E-state index contributed by atoms with van der Waals surface area (Å²) in [5.41, 5.74) is 3.59. The summed E-state index contributed by atoms with van der Waals surface area (Å²) < 4.78 is 3.98. The Morgan fingerprint density at radius 3 is 2.68 bits per heavy atom. The SMILES string of the molecule is Cc1cnn(C[C@H](C)NCc2ccc(-n3ccnc3)cc2)c1. The summed E-state index contributed by atoms with van der Waals surface area (Å²) in [5.74, 6) is 0. The van der Waals surface area contributed by atoms with E-state index in [0.29, 0.717) is 6.04 Å². The number of hydrogen-bond donors (Lipinski definition) is 1. The predicted octanol–water partition coefficient (Wildman–Crippen LogP) is 2.56. The van der Waals surface area contributed by atoms with Crippen molar-refractivity contribution in [1.29, 1.82) is 0 Å². The fourth-order valence-corrected chi connectivity index (χ4v) is 2.40. The maximum absolute atomic E-state index is 4.32. The zero-order valence-corrected chi connectivity index (χ0v) is 13.0. The number of rotatable bonds is 6. The van der Waals surface area contributed by atoms with Gasteiger partial charge in [0.15, 0.2) is 0 Å². The van der Waals surface area contributed by atoms with Crippen molar-refractivity contribution in [3.05, 3.63) is 66.5 Å². The van der Waals surface area contributed by atoms with Gasteiger partial charge in [-0.15, -0.1) is 0 Å². The third-order valence-corrected chi connectivity index (χ3v) is 3.62. The number of imidazole rings is 1. The van der Waals surface area contributed by atoms with E-state index in [4.69, 9.17) is 0 Å². The lowest BCUT2D eigenvalue weighted by Gasteiger charge is -2.14. The monoisotopic (exact) mass is 295 g/mol. The smallest absolute Gasteiger partial charge is 0.0991 e. The summed E-state index contributed by atoms with van der Waals surface area (Å²) in [5, 5.41) is 7.85. The van der Waals surface area contributed by atoms with E-state index in [1.165, 1.54) is 11.1 Å². The molecule has 2 aromatic heterocycles. The quantitative estimate of drug-likeness (QED) is 0.760. The molecular weight excluding hydrogens is 274 g/mol. The van der Waals surface area contributed by atoms with Crippen molar-refractivity contribution in [2.24, 2.45) is 0 Å². The first-order valence-corrected chi connectivity index (χ1v) is 7.50. The minimum Gasteiger partial charge on any atom is -0.308 e. The highest BCUT2D eigenvalue weighted by atomic mass is 15.3. The molecule has 0 aliphatic rings. The first-order chi connectivity index (χ1) is 10.7. The second kappa shape index (κ2) is 6.58. The molecule has 0 aliphatic heterocycles. The Hall–Kier alpha value is -2.40. The molecule has 114 valence electrons. The zero-order chi connectivity index (χ0) is 15.4. The van der Waals surface area contributed by atoms with Gasteiger partial charge in [0.05, 0.1) is 19.1 Å². The number of benzene rings is 1. The molecule has 5 heteroatoms. The van der Waals surface area contributed by atoms with Crippen LogP contribution in [0.1, 0.15) is 18.1 Å². The van der Waals surface area contributed by atoms with Crippen LogP contribution in [0, 0.1) is 6.92 Å². The van der Waals surface area contributed by atoms with E-state index < -0.39 is 0 Å². The molecule has 3 rings (SSSR count). The van der Waals surface area contributed by atoms with Crippen molar-refractivity contribution >= 4 is 0 Å². The van der Waals surface area contributed by atoms with E-state index in [2.05, 4.69) is 59.7 Å². The van der Waals surface area contributed by atoms with Crippen molar-refractivity contribution < 1.29 is 0 Å². The Balaban J connectivity index is 1.53. The van der Waals surface area contributed by atoms with Crippen LogP contribution >= 0.6 is 0 Å². The standard InChI is InChI=1S/C17H21N5/c1-14-9-20-22(11-14)12-15(2)19-10-16-3-5-17(6-4-16)21-8-7-18-13-21/h3-9,11,13,15,19H,10,12H2,1-2H3/t15-/m0/s1. The van der Waals surface area contributed by atoms with Crippen LogP contribution < -0.4 is 5.32 Å². The molecule has 0 bridgehead atoms. The van der Waals surface area contributed by atoms with Crippen molar-refractivity contribution in [3.8, 4) is 5.69 Å². The van der Waals surface area contributed by atoms with Crippen molar-refractivity contribution in [2.75, 3.05) is 0 Å². The molecule has 3 aromatic rings. The number of nitrogens with one attached hydrogen (secondary N) is 1. The molecule has 1 N–H and O–H groups in total. The molecule has 0 aliphatic carbocycles. The third-order valence-electron chi connectivity index (χ3n) is 3.62. The maximum atomic E-state index is 4.32. The fourth-order valence-electron chi connectivity index (χ4n) is 2.40. The highest BCUT2D eigenvalue weighted by Crippen LogP contribution is 2.09. The average Bonchev–Trinajstić information content (AvgIpc) is 3.18. The van der Waals surface area contributed by atoms with Crippen LogP contribution in [0.25, 0.3) is 5.69 Å². The van der Waals surface area contributed by atoms with Gasteiger partial charge in [-0.25, -0.2) is 4.98 Å². The molecular formula is C17H21N5. The number of aromatic nitrogens is 4. The van der Waals surface area contributed by atoms with Gasteiger partial charge in [-0.05, 0) is 37.1 Å². The van der Waals surface area contributed by atoms with Gasteiger partial charge in [0.1, 0.15) is 0 Å². The zero-order valence-electron chi connectivity index (χ0n) is 13.0. The second-order valence-corrected chi connectivity index (χ2v) is 5.66. The van der Waals surface area contributed by atoms with E-state index >= 15 is 0 Å². The second-order valence-electron chi connectivity index (χ2n) is 5.66. The number of aryl methyl sites for hydroxylation is 1. The van der Waals surface area contributed by atoms with Gasteiger partial charge in [0, 0.05) is 36.9 Å². The third kappa shape index (κ3) is 3.62. The van der Waals surface area contributed by atoms with E-state index in [-0.39, 0.29) is 0 Å². The highest BCUT2D eigenvalue weighted by molar-refractivity contribution is 5.34. The Kier molecular flexibility index (Phi) is 4.34. The lowest BCUT2D eigenvalue weighted by Crippen LogP contribution is -2.30. The molecule has 0 saturated carbocycles. The summed E-state index contributed by atoms with van der Waals surface area (Å²) in [6.45, 7) is 5.97. The molecule has 22 heavy (non-hydrogen) atoms. The first kappa shape index (κ1) is 14.5. The van der Waals surface area contributed by atoms with E-state index in [9.17, 15) is 0 Å².